The van der Waals surface area contributed by atoms with Crippen LogP contribution in [0.1, 0.15) is 34.2 Å². The second kappa shape index (κ2) is 6.68. The molecule has 0 radical (unpaired) electrons. The number of benzene rings is 1. The van der Waals surface area contributed by atoms with Gasteiger partial charge in [0.1, 0.15) is 23.3 Å². The molecule has 7 nitrogen and oxygen atoms in total. The lowest BCUT2D eigenvalue weighted by Gasteiger charge is -2.12. The lowest BCUT2D eigenvalue weighted by molar-refractivity contribution is 0.102. The molecule has 5 rings (SSSR count). The molecule has 1 aromatic carbocycles. The van der Waals surface area contributed by atoms with Crippen molar-refractivity contribution in [3.8, 4) is 11.5 Å². The van der Waals surface area contributed by atoms with Crippen LogP contribution in [0.5, 0.6) is 0 Å². The van der Waals surface area contributed by atoms with E-state index in [9.17, 15) is 13.6 Å². The van der Waals surface area contributed by atoms with Gasteiger partial charge in [0.25, 0.3) is 11.8 Å². The molecule has 1 saturated carbocycles. The molecule has 0 bridgehead atoms. The minimum Gasteiger partial charge on any atom is -0.334 e. The lowest BCUT2D eigenvalue weighted by Crippen LogP contribution is -2.17. The summed E-state index contributed by atoms with van der Waals surface area (Å²) in [5.41, 5.74) is -0.0802. The van der Waals surface area contributed by atoms with Gasteiger partial charge in [-0.3, -0.25) is 9.20 Å². The molecule has 30 heavy (non-hydrogen) atoms. The fourth-order valence-corrected chi connectivity index (χ4v) is 3.23. The average Bonchev–Trinajstić information content (AvgIpc) is 3.14. The summed E-state index contributed by atoms with van der Waals surface area (Å²) in [5, 5.41) is 6.06. The molecule has 1 aliphatic carbocycles. The molecule has 152 valence electrons. The Balaban J connectivity index is 1.52. The Labute approximate surface area is 167 Å². The van der Waals surface area contributed by atoms with Crippen LogP contribution in [-0.2, 0) is 0 Å². The molecular weight excluding hydrogens is 399 g/mol. The van der Waals surface area contributed by atoms with Gasteiger partial charge in [-0.25, -0.2) is 18.2 Å². The van der Waals surface area contributed by atoms with Crippen molar-refractivity contribution < 1.29 is 22.5 Å². The van der Waals surface area contributed by atoms with Crippen LogP contribution in [-0.4, -0.2) is 31.6 Å². The number of anilines is 1. The van der Waals surface area contributed by atoms with E-state index in [2.05, 4.69) is 20.4 Å². The highest BCUT2D eigenvalue weighted by molar-refractivity contribution is 6.04. The van der Waals surface area contributed by atoms with E-state index in [1.165, 1.54) is 17.5 Å². The first-order valence-electron chi connectivity index (χ1n) is 9.14. The average molecular weight is 413 g/mol. The SMILES string of the molecule is Cc1c(F)cc(-c2nc([C@H]3C[C@@H]3F)no2)c(F)c1NC(=O)c1cnc2ccccn12. The summed E-state index contributed by atoms with van der Waals surface area (Å²) in [6.07, 6.45) is 2.18. The number of amides is 1. The van der Waals surface area contributed by atoms with E-state index in [1.807, 2.05) is 0 Å². The third-order valence-corrected chi connectivity index (χ3v) is 5.06. The summed E-state index contributed by atoms with van der Waals surface area (Å²) in [6.45, 7) is 1.34. The van der Waals surface area contributed by atoms with Gasteiger partial charge in [0.2, 0.25) is 0 Å². The van der Waals surface area contributed by atoms with Crippen molar-refractivity contribution in [3.63, 3.8) is 0 Å². The Bertz CT molecular complexity index is 1300. The molecule has 1 fully saturated rings. The molecule has 0 spiro atoms. The van der Waals surface area contributed by atoms with Crippen LogP contribution in [0.2, 0.25) is 0 Å². The summed E-state index contributed by atoms with van der Waals surface area (Å²) >= 11 is 0. The van der Waals surface area contributed by atoms with E-state index in [0.29, 0.717) is 5.65 Å². The highest BCUT2D eigenvalue weighted by Crippen LogP contribution is 2.42. The summed E-state index contributed by atoms with van der Waals surface area (Å²) < 4.78 is 49.5. The third-order valence-electron chi connectivity index (χ3n) is 5.06. The number of fused-ring (bicyclic) bond motifs is 1. The molecule has 2 atom stereocenters. The van der Waals surface area contributed by atoms with Crippen LogP contribution in [0, 0.1) is 18.6 Å². The van der Waals surface area contributed by atoms with Gasteiger partial charge in [-0.15, -0.1) is 0 Å². The largest absolute Gasteiger partial charge is 0.334 e. The summed E-state index contributed by atoms with van der Waals surface area (Å²) in [6, 6.07) is 6.09. The normalized spacial score (nSPS) is 18.0. The van der Waals surface area contributed by atoms with Gasteiger partial charge in [-0.2, -0.15) is 4.98 Å². The molecule has 0 saturated heterocycles. The fraction of sp³-hybridized carbons (Fsp3) is 0.200. The molecule has 4 aromatic rings. The Morgan fingerprint density at radius 3 is 2.90 bits per heavy atom. The molecule has 3 heterocycles. The number of hydrogen-bond donors (Lipinski definition) is 1. The van der Waals surface area contributed by atoms with Gasteiger partial charge in [0.05, 0.1) is 23.4 Å². The number of pyridine rings is 1. The first-order valence-corrected chi connectivity index (χ1v) is 9.14. The quantitative estimate of drug-likeness (QED) is 0.546. The Hall–Kier alpha value is -3.69. The minimum absolute atomic E-state index is 0.0934. The number of nitrogens with one attached hydrogen (secondary N) is 1. The molecule has 1 aliphatic rings. The number of aromatic nitrogens is 4. The number of hydrogen-bond acceptors (Lipinski definition) is 5. The zero-order chi connectivity index (χ0) is 21.0. The molecule has 0 aliphatic heterocycles. The maximum absolute atomic E-state index is 15.2. The molecule has 10 heteroatoms. The van der Waals surface area contributed by atoms with Gasteiger partial charge in [-0.1, -0.05) is 11.2 Å². The highest BCUT2D eigenvalue weighted by atomic mass is 19.1. The fourth-order valence-electron chi connectivity index (χ4n) is 3.23. The number of halogens is 3. The van der Waals surface area contributed by atoms with Gasteiger partial charge in [-0.05, 0) is 31.5 Å². The third kappa shape index (κ3) is 2.92. The van der Waals surface area contributed by atoms with E-state index in [4.69, 9.17) is 4.52 Å². The van der Waals surface area contributed by atoms with Crippen LogP contribution in [0.25, 0.3) is 17.1 Å². The Morgan fingerprint density at radius 2 is 2.13 bits per heavy atom. The number of alkyl halides is 1. The van der Waals surface area contributed by atoms with Crippen LogP contribution in [0.4, 0.5) is 18.9 Å². The minimum atomic E-state index is -1.06. The molecule has 1 N–H and O–H groups in total. The van der Waals surface area contributed by atoms with Crippen LogP contribution in [0.15, 0.2) is 41.2 Å². The van der Waals surface area contributed by atoms with E-state index in [0.717, 1.165) is 6.07 Å². The summed E-state index contributed by atoms with van der Waals surface area (Å²) in [4.78, 5) is 20.8. The van der Waals surface area contributed by atoms with Crippen molar-refractivity contribution >= 4 is 17.2 Å². The Kier molecular flexibility index (Phi) is 4.09. The predicted octanol–water partition coefficient (Wildman–Crippen LogP) is 4.05. The zero-order valence-corrected chi connectivity index (χ0v) is 15.6. The summed E-state index contributed by atoms with van der Waals surface area (Å²) in [5.74, 6) is -3.04. The van der Waals surface area contributed by atoms with Crippen LogP contribution < -0.4 is 5.32 Å². The van der Waals surface area contributed by atoms with E-state index in [-0.39, 0.29) is 40.6 Å². The number of carbonyl (C=O) groups excluding carboxylic acids is 1. The van der Waals surface area contributed by atoms with Crippen LogP contribution in [0.3, 0.4) is 0 Å². The smallest absolute Gasteiger partial charge is 0.274 e. The van der Waals surface area contributed by atoms with E-state index < -0.39 is 29.6 Å². The second-order valence-corrected chi connectivity index (χ2v) is 7.06. The van der Waals surface area contributed by atoms with Crippen molar-refractivity contribution in [2.75, 3.05) is 5.32 Å². The van der Waals surface area contributed by atoms with Crippen molar-refractivity contribution in [3.05, 3.63) is 65.4 Å². The van der Waals surface area contributed by atoms with Gasteiger partial charge < -0.3 is 9.84 Å². The number of imidazole rings is 1. The van der Waals surface area contributed by atoms with E-state index >= 15 is 4.39 Å². The molecule has 3 aromatic heterocycles. The zero-order valence-electron chi connectivity index (χ0n) is 15.6. The van der Waals surface area contributed by atoms with Crippen molar-refractivity contribution in [2.45, 2.75) is 25.4 Å². The van der Waals surface area contributed by atoms with Crippen molar-refractivity contribution in [1.82, 2.24) is 19.5 Å². The van der Waals surface area contributed by atoms with Gasteiger partial charge >= 0.3 is 0 Å². The molecule has 0 unspecified atom stereocenters. The first-order chi connectivity index (χ1) is 14.4. The molecular formula is C20H14F3N5O2. The Morgan fingerprint density at radius 1 is 1.33 bits per heavy atom. The van der Waals surface area contributed by atoms with Crippen LogP contribution >= 0.6 is 0 Å². The topological polar surface area (TPSA) is 85.3 Å². The highest BCUT2D eigenvalue weighted by Gasteiger charge is 2.42. The monoisotopic (exact) mass is 413 g/mol. The summed E-state index contributed by atoms with van der Waals surface area (Å²) in [7, 11) is 0. The number of carbonyl (C=O) groups is 1. The maximum atomic E-state index is 15.2. The molecule has 1 amide bonds. The number of rotatable bonds is 4. The van der Waals surface area contributed by atoms with Gasteiger partial charge in [0, 0.05) is 11.8 Å². The van der Waals surface area contributed by atoms with Crippen molar-refractivity contribution in [1.29, 1.82) is 0 Å². The number of nitrogens with zero attached hydrogens (tertiary/aromatic N) is 4. The second-order valence-electron chi connectivity index (χ2n) is 7.06. The predicted molar refractivity (Wildman–Crippen MR) is 99.8 cm³/mol. The first kappa shape index (κ1) is 18.3. The van der Waals surface area contributed by atoms with Gasteiger partial charge in [0.15, 0.2) is 11.6 Å². The maximum Gasteiger partial charge on any atom is 0.274 e. The standard InChI is InChI=1S/C20H14F3N5O2/c1-9-12(21)7-11(20-26-18(27-30-20)10-6-13(10)22)16(23)17(9)25-19(29)14-8-24-15-4-2-3-5-28(14)15/h2-5,7-8,10,13H,6H2,1H3,(H,25,29)/t10-,13-/m0/s1. The van der Waals surface area contributed by atoms with E-state index in [1.54, 1.807) is 24.4 Å². The van der Waals surface area contributed by atoms with Crippen molar-refractivity contribution in [2.24, 2.45) is 0 Å². The lowest BCUT2D eigenvalue weighted by atomic mass is 10.1.